The van der Waals surface area contributed by atoms with Crippen LogP contribution in [0.4, 0.5) is 5.69 Å². The molecule has 0 fully saturated rings. The number of phenolic OH excluding ortho intramolecular Hbond substituents is 1. The molecule has 0 unspecified atom stereocenters. The van der Waals surface area contributed by atoms with Gasteiger partial charge in [0.05, 0.1) is 5.71 Å². The predicted molar refractivity (Wildman–Crippen MR) is 202 cm³/mol. The Morgan fingerprint density at radius 3 is 2.32 bits per heavy atom. The second-order valence-electron chi connectivity index (χ2n) is 13.4. The van der Waals surface area contributed by atoms with Crippen molar-refractivity contribution in [3.63, 3.8) is 0 Å². The molecule has 1 N–H and O–H groups in total. The molecule has 4 aromatic carbocycles. The zero-order chi connectivity index (χ0) is 32.8. The number of hydrogen-bond donors (Lipinski definition) is 1. The first-order valence-electron chi connectivity index (χ1n) is 17.3. The fourth-order valence-corrected chi connectivity index (χ4v) is 8.19. The van der Waals surface area contributed by atoms with Crippen molar-refractivity contribution in [1.29, 1.82) is 0 Å². The van der Waals surface area contributed by atoms with Crippen molar-refractivity contribution in [3.05, 3.63) is 134 Å². The fraction of sp³-hybridized carbons (Fsp3) is 0.326. The Hall–Kier alpha value is -4.02. The standard InChI is InChI=1S/C28H37N.C15H11NOS/c1-5-7-17-28(18-8-6-2)19-16-21-12-13-23-22-10-9-11-27(29(3)4)25(22)15-14-24(23)26(21)20-28;17-12-7-5-11(6-8-12)15-13-3-1-2-4-14(13)18-10-9-16-15/h9-13,15-16H,5-8,14,17-20H2,1-4H3;1-10,17H. The number of fused-ring (bicyclic) bond motifs is 5. The van der Waals surface area contributed by atoms with E-state index >= 15 is 0 Å². The number of hydrogen-bond acceptors (Lipinski definition) is 4. The van der Waals surface area contributed by atoms with E-state index in [-0.39, 0.29) is 5.75 Å². The van der Waals surface area contributed by atoms with E-state index in [1.807, 2.05) is 35.9 Å². The molecule has 0 saturated carbocycles. The summed E-state index contributed by atoms with van der Waals surface area (Å²) in [5.41, 5.74) is 8.13. The lowest BCUT2D eigenvalue weighted by molar-refractivity contribution is 0.227. The highest BCUT2D eigenvalue weighted by molar-refractivity contribution is 8.02. The number of benzene rings is 4. The van der Waals surface area contributed by atoms with Crippen molar-refractivity contribution in [2.24, 2.45) is 10.4 Å². The highest BCUT2D eigenvalue weighted by Gasteiger charge is 2.32. The average molecular weight is 641 g/mol. The number of unbranched alkanes of at least 4 members (excludes halogenated alkanes) is 2. The number of aromatic hydroxyl groups is 1. The molecule has 0 saturated heterocycles. The van der Waals surface area contributed by atoms with Crippen LogP contribution in [0.2, 0.25) is 0 Å². The van der Waals surface area contributed by atoms with Crippen molar-refractivity contribution in [3.8, 4) is 5.75 Å². The largest absolute Gasteiger partial charge is 0.508 e. The van der Waals surface area contributed by atoms with Crippen LogP contribution in [0.3, 0.4) is 0 Å². The van der Waals surface area contributed by atoms with E-state index in [2.05, 4.69) is 92.5 Å². The van der Waals surface area contributed by atoms with Crippen LogP contribution in [-0.2, 0) is 12.8 Å². The van der Waals surface area contributed by atoms with Gasteiger partial charge >= 0.3 is 0 Å². The van der Waals surface area contributed by atoms with E-state index in [1.165, 1.54) is 82.8 Å². The molecular weight excluding hydrogens is 593 g/mol. The topological polar surface area (TPSA) is 35.8 Å². The Morgan fingerprint density at radius 2 is 1.57 bits per heavy atom. The lowest BCUT2D eigenvalue weighted by Crippen LogP contribution is -2.33. The summed E-state index contributed by atoms with van der Waals surface area (Å²) in [7, 11) is 4.30. The molecule has 0 aromatic heterocycles. The zero-order valence-electron chi connectivity index (χ0n) is 28.4. The Balaban J connectivity index is 0.000000183. The molecule has 1 heterocycles. The van der Waals surface area contributed by atoms with Crippen LogP contribution in [0.1, 0.15) is 81.0 Å². The molecule has 7 rings (SSSR count). The smallest absolute Gasteiger partial charge is 0.115 e. The third kappa shape index (κ3) is 7.13. The van der Waals surface area contributed by atoms with Gasteiger partial charge in [-0.1, -0.05) is 106 Å². The van der Waals surface area contributed by atoms with Crippen LogP contribution in [0, 0.1) is 15.9 Å². The first-order valence-corrected chi connectivity index (χ1v) is 18.2. The number of anilines is 1. The van der Waals surface area contributed by atoms with E-state index in [0.717, 1.165) is 23.3 Å². The summed E-state index contributed by atoms with van der Waals surface area (Å²) in [6, 6.07) is 26.9. The summed E-state index contributed by atoms with van der Waals surface area (Å²) < 4.78 is 0. The fourth-order valence-electron chi connectivity index (χ4n) is 7.47. The summed E-state index contributed by atoms with van der Waals surface area (Å²) >= 11 is 1.67. The highest BCUT2D eigenvalue weighted by Crippen LogP contribution is 2.41. The Bertz CT molecular complexity index is 2000. The summed E-state index contributed by atoms with van der Waals surface area (Å²) in [5, 5.41) is 17.1. The lowest BCUT2D eigenvalue weighted by atomic mass is 9.67. The second kappa shape index (κ2) is 14.8. The van der Waals surface area contributed by atoms with Crippen LogP contribution in [-0.4, -0.2) is 24.9 Å². The van der Waals surface area contributed by atoms with Gasteiger partial charge in [0.25, 0.3) is 0 Å². The molecule has 0 radical (unpaired) electrons. The summed E-state index contributed by atoms with van der Waals surface area (Å²) in [4.78, 5) is 7.93. The Morgan fingerprint density at radius 1 is 0.809 bits per heavy atom. The van der Waals surface area contributed by atoms with Crippen LogP contribution >= 0.6 is 11.8 Å². The number of thioether (sulfide) groups is 1. The van der Waals surface area contributed by atoms with E-state index in [0.29, 0.717) is 5.41 Å². The SMILES string of the molecule is CCCCC1(CCCC)CC=c2ccc3c(c2C1)CC=c1c(N(C)C)cccc1=3.Oc1ccc(C2=NC=CSc3ccccc32)cc1. The number of phenols is 1. The molecule has 0 bridgehead atoms. The minimum absolute atomic E-state index is 0.270. The third-order valence-electron chi connectivity index (χ3n) is 10.0. The van der Waals surface area contributed by atoms with Crippen molar-refractivity contribution >= 4 is 35.3 Å². The summed E-state index contributed by atoms with van der Waals surface area (Å²) in [6.45, 7) is 4.67. The van der Waals surface area contributed by atoms with Gasteiger partial charge in [-0.3, -0.25) is 4.99 Å². The van der Waals surface area contributed by atoms with Gasteiger partial charge < -0.3 is 10.0 Å². The molecule has 4 heteroatoms. The number of aliphatic imine (C=N–C) groups is 1. The molecule has 242 valence electrons. The molecule has 3 aliphatic rings. The third-order valence-corrected chi connectivity index (χ3v) is 10.9. The molecular formula is C43H48N2OS. The molecule has 0 spiro atoms. The van der Waals surface area contributed by atoms with Crippen LogP contribution in [0.15, 0.2) is 100 Å². The molecule has 2 aliphatic carbocycles. The van der Waals surface area contributed by atoms with E-state index in [1.54, 1.807) is 35.0 Å². The van der Waals surface area contributed by atoms with Gasteiger partial charge in [0.1, 0.15) is 5.75 Å². The van der Waals surface area contributed by atoms with Crippen LogP contribution in [0.25, 0.3) is 12.2 Å². The average Bonchev–Trinajstić information content (AvgIpc) is 3.32. The first kappa shape index (κ1) is 32.9. The molecule has 0 atom stereocenters. The van der Waals surface area contributed by atoms with Gasteiger partial charge in [-0.2, -0.15) is 0 Å². The first-order chi connectivity index (χ1) is 22.9. The molecule has 4 aromatic rings. The Kier molecular flexibility index (Phi) is 10.4. The van der Waals surface area contributed by atoms with Crippen molar-refractivity contribution in [1.82, 2.24) is 0 Å². The maximum Gasteiger partial charge on any atom is 0.115 e. The lowest BCUT2D eigenvalue weighted by Gasteiger charge is -2.37. The monoisotopic (exact) mass is 640 g/mol. The van der Waals surface area contributed by atoms with Crippen molar-refractivity contribution in [2.75, 3.05) is 19.0 Å². The van der Waals surface area contributed by atoms with Gasteiger partial charge in [-0.25, -0.2) is 0 Å². The summed E-state index contributed by atoms with van der Waals surface area (Å²) in [6.07, 6.45) is 18.6. The predicted octanol–water partition coefficient (Wildman–Crippen LogP) is 9.28. The Labute approximate surface area is 284 Å². The minimum atomic E-state index is 0.270. The normalized spacial score (nSPS) is 15.2. The number of nitrogens with zero attached hydrogens (tertiary/aromatic N) is 2. The second-order valence-corrected chi connectivity index (χ2v) is 14.4. The van der Waals surface area contributed by atoms with Crippen molar-refractivity contribution in [2.45, 2.75) is 76.5 Å². The van der Waals surface area contributed by atoms with E-state index in [4.69, 9.17) is 0 Å². The maximum absolute atomic E-state index is 9.35. The summed E-state index contributed by atoms with van der Waals surface area (Å²) in [5.74, 6) is 0.270. The molecule has 1 aliphatic heterocycles. The van der Waals surface area contributed by atoms with Gasteiger partial charge in [0.2, 0.25) is 0 Å². The van der Waals surface area contributed by atoms with E-state index < -0.39 is 0 Å². The maximum atomic E-state index is 9.35. The van der Waals surface area contributed by atoms with Crippen LogP contribution < -0.4 is 15.3 Å². The highest BCUT2D eigenvalue weighted by atomic mass is 32.2. The van der Waals surface area contributed by atoms with E-state index in [9.17, 15) is 5.11 Å². The van der Waals surface area contributed by atoms with Gasteiger partial charge in [-0.05, 0) is 106 Å². The quantitative estimate of drug-likeness (QED) is 0.209. The van der Waals surface area contributed by atoms with Gasteiger partial charge in [0.15, 0.2) is 0 Å². The molecule has 3 nitrogen and oxygen atoms in total. The zero-order valence-corrected chi connectivity index (χ0v) is 29.2. The van der Waals surface area contributed by atoms with Crippen molar-refractivity contribution < 1.29 is 5.11 Å². The minimum Gasteiger partial charge on any atom is -0.508 e. The molecule has 47 heavy (non-hydrogen) atoms. The van der Waals surface area contributed by atoms with Crippen LogP contribution in [0.5, 0.6) is 5.75 Å². The van der Waals surface area contributed by atoms with Gasteiger partial charge in [0, 0.05) is 47.2 Å². The van der Waals surface area contributed by atoms with Gasteiger partial charge in [-0.15, -0.1) is 0 Å². The number of rotatable bonds is 8. The molecule has 0 amide bonds.